The van der Waals surface area contributed by atoms with E-state index in [2.05, 4.69) is 29.4 Å². The molecule has 3 aromatic rings. The Kier molecular flexibility index (Phi) is 8.36. The molecule has 33 heavy (non-hydrogen) atoms. The summed E-state index contributed by atoms with van der Waals surface area (Å²) in [5, 5.41) is 22.4. The molecule has 0 saturated heterocycles. The molecule has 0 saturated carbocycles. The van der Waals surface area contributed by atoms with Crippen LogP contribution in [0.25, 0.3) is 0 Å². The lowest BCUT2D eigenvalue weighted by molar-refractivity contribution is -0.387. The van der Waals surface area contributed by atoms with E-state index >= 15 is 0 Å². The van der Waals surface area contributed by atoms with E-state index < -0.39 is 22.3 Å². The first-order valence-electron chi connectivity index (χ1n) is 10.3. The quantitative estimate of drug-likeness (QED) is 0.244. The maximum atomic E-state index is 13.5. The Morgan fingerprint density at radius 1 is 1.24 bits per heavy atom. The Labute approximate surface area is 194 Å². The number of thioether (sulfide) groups is 1. The third-order valence-electron chi connectivity index (χ3n) is 4.59. The number of nitro groups is 1. The summed E-state index contributed by atoms with van der Waals surface area (Å²) in [6.07, 6.45) is 0.898. The number of nitro benzene ring substituents is 1. The highest BCUT2D eigenvalue weighted by Gasteiger charge is 2.17. The van der Waals surface area contributed by atoms with E-state index in [0.29, 0.717) is 23.4 Å². The molecule has 11 heteroatoms. The zero-order chi connectivity index (χ0) is 23.8. The van der Waals surface area contributed by atoms with Crippen molar-refractivity contribution in [3.8, 4) is 5.75 Å². The van der Waals surface area contributed by atoms with Crippen LogP contribution in [0, 0.1) is 21.8 Å². The number of benzene rings is 2. The average Bonchev–Trinajstić information content (AvgIpc) is 3.18. The molecule has 1 aromatic heterocycles. The maximum Gasteiger partial charge on any atom is 0.306 e. The summed E-state index contributed by atoms with van der Waals surface area (Å²) in [4.78, 5) is 22.4. The first-order valence-corrected chi connectivity index (χ1v) is 11.3. The number of para-hydroxylation sites is 1. The number of halogens is 1. The number of hydrogen-bond acceptors (Lipinski definition) is 7. The molecule has 1 heterocycles. The zero-order valence-electron chi connectivity index (χ0n) is 18.2. The van der Waals surface area contributed by atoms with Crippen molar-refractivity contribution in [2.75, 3.05) is 11.1 Å². The van der Waals surface area contributed by atoms with Crippen molar-refractivity contribution < 1.29 is 18.8 Å². The monoisotopic (exact) mass is 473 g/mol. The smallest absolute Gasteiger partial charge is 0.306 e. The van der Waals surface area contributed by atoms with Gasteiger partial charge in [-0.3, -0.25) is 14.9 Å². The number of rotatable bonds is 11. The molecule has 0 aliphatic carbocycles. The van der Waals surface area contributed by atoms with Gasteiger partial charge in [0, 0.05) is 18.3 Å². The number of carbonyl (C=O) groups is 1. The molecular weight excluding hydrogens is 449 g/mol. The van der Waals surface area contributed by atoms with Gasteiger partial charge < -0.3 is 14.6 Å². The third-order valence-corrected chi connectivity index (χ3v) is 5.56. The van der Waals surface area contributed by atoms with Gasteiger partial charge in [0.1, 0.15) is 12.4 Å². The number of ether oxygens (including phenoxy) is 1. The molecule has 3 rings (SSSR count). The number of amides is 1. The van der Waals surface area contributed by atoms with Crippen LogP contribution in [-0.2, 0) is 17.9 Å². The van der Waals surface area contributed by atoms with Crippen LogP contribution < -0.4 is 10.1 Å². The molecule has 1 amide bonds. The summed E-state index contributed by atoms with van der Waals surface area (Å²) in [6.45, 7) is 5.15. The number of nitrogens with zero attached hydrogens (tertiary/aromatic N) is 4. The van der Waals surface area contributed by atoms with Crippen LogP contribution in [0.15, 0.2) is 53.7 Å². The molecule has 0 radical (unpaired) electrons. The second-order valence-corrected chi connectivity index (χ2v) is 8.54. The predicted molar refractivity (Wildman–Crippen MR) is 123 cm³/mol. The number of hydrogen-bond donors (Lipinski definition) is 1. The topological polar surface area (TPSA) is 112 Å². The standard InChI is InChI=1S/C22H24FN5O4S/c1-15(2)10-11-27-20(13-32-17-6-4-3-5-7-17)25-26-22(27)33-14-21(29)24-16-8-9-18(23)19(12-16)28(30)31/h3-9,12,15H,10-11,13-14H2,1-2H3,(H,24,29). The SMILES string of the molecule is CC(C)CCn1c(COc2ccccc2)nnc1SCC(=O)Nc1ccc(F)c([N+](=O)[O-])c1. The van der Waals surface area contributed by atoms with E-state index in [9.17, 15) is 19.3 Å². The minimum absolute atomic E-state index is 0.00449. The molecular formula is C22H24FN5O4S. The predicted octanol–water partition coefficient (Wildman–Crippen LogP) is 4.68. The largest absolute Gasteiger partial charge is 0.486 e. The molecule has 0 atom stereocenters. The fourth-order valence-corrected chi connectivity index (χ4v) is 3.65. The van der Waals surface area contributed by atoms with Crippen LogP contribution in [-0.4, -0.2) is 31.3 Å². The second-order valence-electron chi connectivity index (χ2n) is 7.59. The van der Waals surface area contributed by atoms with Gasteiger partial charge in [-0.1, -0.05) is 43.8 Å². The fraction of sp³-hybridized carbons (Fsp3) is 0.318. The Morgan fingerprint density at radius 3 is 2.70 bits per heavy atom. The van der Waals surface area contributed by atoms with Gasteiger partial charge in [-0.2, -0.15) is 4.39 Å². The minimum atomic E-state index is -0.962. The molecule has 0 aliphatic rings. The van der Waals surface area contributed by atoms with Crippen molar-refractivity contribution in [2.45, 2.75) is 38.6 Å². The van der Waals surface area contributed by atoms with Crippen LogP contribution in [0.3, 0.4) is 0 Å². The second kappa shape index (κ2) is 11.4. The summed E-state index contributed by atoms with van der Waals surface area (Å²) < 4.78 is 21.2. The van der Waals surface area contributed by atoms with Gasteiger partial charge in [0.25, 0.3) is 0 Å². The lowest BCUT2D eigenvalue weighted by Crippen LogP contribution is -2.15. The molecule has 0 spiro atoms. The van der Waals surface area contributed by atoms with E-state index in [1.54, 1.807) is 0 Å². The van der Waals surface area contributed by atoms with Gasteiger partial charge in [-0.15, -0.1) is 10.2 Å². The molecule has 0 bridgehead atoms. The van der Waals surface area contributed by atoms with Gasteiger partial charge in [-0.25, -0.2) is 0 Å². The van der Waals surface area contributed by atoms with Gasteiger partial charge in [0.05, 0.1) is 10.7 Å². The summed E-state index contributed by atoms with van der Waals surface area (Å²) >= 11 is 1.20. The van der Waals surface area contributed by atoms with Crippen LogP contribution in [0.1, 0.15) is 26.1 Å². The minimum Gasteiger partial charge on any atom is -0.486 e. The van der Waals surface area contributed by atoms with Crippen molar-refractivity contribution in [1.29, 1.82) is 0 Å². The average molecular weight is 474 g/mol. The van der Waals surface area contributed by atoms with E-state index in [1.165, 1.54) is 17.8 Å². The number of anilines is 1. The normalized spacial score (nSPS) is 10.9. The number of aromatic nitrogens is 3. The summed E-state index contributed by atoms with van der Waals surface area (Å²) in [5.74, 6) is 0.474. The van der Waals surface area contributed by atoms with E-state index in [4.69, 9.17) is 4.74 Å². The lowest BCUT2D eigenvalue weighted by atomic mass is 10.1. The van der Waals surface area contributed by atoms with Crippen LogP contribution in [0.2, 0.25) is 0 Å². The molecule has 0 unspecified atom stereocenters. The molecule has 0 aliphatic heterocycles. The Bertz CT molecular complexity index is 1110. The zero-order valence-corrected chi connectivity index (χ0v) is 19.0. The van der Waals surface area contributed by atoms with E-state index in [-0.39, 0.29) is 18.0 Å². The van der Waals surface area contributed by atoms with Crippen molar-refractivity contribution >= 4 is 29.0 Å². The number of nitrogens with one attached hydrogen (secondary N) is 1. The third kappa shape index (κ3) is 7.01. The highest BCUT2D eigenvalue weighted by atomic mass is 32.2. The number of carbonyl (C=O) groups excluding carboxylic acids is 1. The Morgan fingerprint density at radius 2 is 2.00 bits per heavy atom. The summed E-state index contributed by atoms with van der Waals surface area (Å²) in [6, 6.07) is 12.6. The summed E-state index contributed by atoms with van der Waals surface area (Å²) in [7, 11) is 0. The maximum absolute atomic E-state index is 13.5. The molecule has 1 N–H and O–H groups in total. The van der Waals surface area contributed by atoms with Gasteiger partial charge in [-0.05, 0) is 36.6 Å². The van der Waals surface area contributed by atoms with Gasteiger partial charge in [0.2, 0.25) is 11.7 Å². The summed E-state index contributed by atoms with van der Waals surface area (Å²) in [5.41, 5.74) is -0.552. The Balaban J connectivity index is 1.65. The lowest BCUT2D eigenvalue weighted by Gasteiger charge is -2.12. The highest BCUT2D eigenvalue weighted by molar-refractivity contribution is 7.99. The van der Waals surface area contributed by atoms with E-state index in [1.807, 2.05) is 34.9 Å². The molecule has 0 fully saturated rings. The molecule has 2 aromatic carbocycles. The van der Waals surface area contributed by atoms with Gasteiger partial charge in [0.15, 0.2) is 11.0 Å². The van der Waals surface area contributed by atoms with Crippen molar-refractivity contribution in [3.63, 3.8) is 0 Å². The van der Waals surface area contributed by atoms with Crippen LogP contribution in [0.4, 0.5) is 15.8 Å². The van der Waals surface area contributed by atoms with Gasteiger partial charge >= 0.3 is 5.69 Å². The van der Waals surface area contributed by atoms with Crippen molar-refractivity contribution in [3.05, 3.63) is 70.3 Å². The fourth-order valence-electron chi connectivity index (χ4n) is 2.87. The molecule has 9 nitrogen and oxygen atoms in total. The molecule has 174 valence electrons. The van der Waals surface area contributed by atoms with Crippen LogP contribution in [0.5, 0.6) is 5.75 Å². The first-order chi connectivity index (χ1) is 15.8. The van der Waals surface area contributed by atoms with E-state index in [0.717, 1.165) is 24.3 Å². The van der Waals surface area contributed by atoms with Crippen molar-refractivity contribution in [2.24, 2.45) is 5.92 Å². The van der Waals surface area contributed by atoms with Crippen molar-refractivity contribution in [1.82, 2.24) is 14.8 Å². The Hall–Kier alpha value is -3.47. The highest BCUT2D eigenvalue weighted by Crippen LogP contribution is 2.23. The first kappa shape index (κ1) is 24.2. The van der Waals surface area contributed by atoms with Crippen LogP contribution >= 0.6 is 11.8 Å².